The van der Waals surface area contributed by atoms with Crippen molar-refractivity contribution < 1.29 is 4.48 Å². The van der Waals surface area contributed by atoms with Gasteiger partial charge in [-0.1, -0.05) is 139 Å². The minimum atomic E-state index is -0.265. The number of hydrazone groups is 1. The van der Waals surface area contributed by atoms with Crippen LogP contribution in [0, 0.1) is 0 Å². The molecular weight excluding hydrogens is 471 g/mol. The number of halogens is 1. The summed E-state index contributed by atoms with van der Waals surface area (Å²) in [7, 11) is 0. The van der Waals surface area contributed by atoms with Gasteiger partial charge in [0.05, 0.1) is 11.4 Å². The molecule has 0 saturated heterocycles. The van der Waals surface area contributed by atoms with Gasteiger partial charge >= 0.3 is 0 Å². The van der Waals surface area contributed by atoms with Crippen LogP contribution in [-0.4, -0.2) is 17.6 Å². The molecule has 1 aliphatic carbocycles. The van der Waals surface area contributed by atoms with E-state index in [1.54, 1.807) is 12.3 Å². The summed E-state index contributed by atoms with van der Waals surface area (Å²) in [4.78, 5) is 0. The van der Waals surface area contributed by atoms with Crippen LogP contribution >= 0.6 is 0 Å². The van der Waals surface area contributed by atoms with E-state index in [1.807, 2.05) is 146 Å². The molecule has 0 radical (unpaired) electrons. The van der Waals surface area contributed by atoms with Crippen molar-refractivity contribution in [2.45, 2.75) is 12.5 Å². The molecule has 1 unspecified atom stereocenters. The Hall–Kier alpha value is -4.74. The molecule has 2 aromatic rings. The highest BCUT2D eigenvalue weighted by Crippen LogP contribution is 2.23. The first kappa shape index (κ1) is 27.8. The summed E-state index contributed by atoms with van der Waals surface area (Å²) in [6.07, 6.45) is 30.2. The molecule has 0 aliphatic heterocycles. The lowest BCUT2D eigenvalue weighted by Gasteiger charge is -2.27. The summed E-state index contributed by atoms with van der Waals surface area (Å²) in [5.74, 6) is 0. The topological polar surface area (TPSA) is 44.9 Å². The van der Waals surface area contributed by atoms with Crippen molar-refractivity contribution in [3.05, 3.63) is 175 Å². The molecule has 0 amide bonds. The third kappa shape index (κ3) is 9.37. The van der Waals surface area contributed by atoms with Crippen molar-refractivity contribution in [3.63, 3.8) is 0 Å². The molecule has 38 heavy (non-hydrogen) atoms. The maximum absolute atomic E-state index is 15.5. The number of rotatable bonds is 10. The number of nitrogens with zero attached hydrogens (tertiary/aromatic N) is 3. The van der Waals surface area contributed by atoms with Crippen LogP contribution in [0.4, 0.5) is 10.2 Å². The fourth-order valence-corrected chi connectivity index (χ4v) is 3.47. The Morgan fingerprint density at radius 3 is 2.24 bits per heavy atom. The number of hydrogen-bond donors (Lipinski definition) is 1. The van der Waals surface area contributed by atoms with Crippen LogP contribution in [0.2, 0.25) is 0 Å². The van der Waals surface area contributed by atoms with Crippen LogP contribution in [0.1, 0.15) is 5.56 Å². The average molecular weight is 505 g/mol. The number of anilines is 1. The molecule has 3 rings (SSSR count). The second kappa shape index (κ2) is 16.1. The molecule has 1 aliphatic rings. The molecule has 2 N–H and O–H groups in total. The van der Waals surface area contributed by atoms with Gasteiger partial charge in [-0.05, 0) is 40.8 Å². The van der Waals surface area contributed by atoms with Crippen LogP contribution in [-0.2, 0) is 6.42 Å². The Bertz CT molecular complexity index is 1280. The van der Waals surface area contributed by atoms with Gasteiger partial charge in [0, 0.05) is 18.7 Å². The van der Waals surface area contributed by atoms with Crippen molar-refractivity contribution in [2.75, 3.05) is 5.01 Å². The van der Waals surface area contributed by atoms with Crippen molar-refractivity contribution >= 4 is 11.9 Å². The minimum absolute atomic E-state index is 0.265. The van der Waals surface area contributed by atoms with Gasteiger partial charge in [0.1, 0.15) is 0 Å². The zero-order chi connectivity index (χ0) is 26.8. The highest BCUT2D eigenvalue weighted by Gasteiger charge is 2.17. The van der Waals surface area contributed by atoms with Crippen LogP contribution in [0.25, 0.3) is 0 Å². The summed E-state index contributed by atoms with van der Waals surface area (Å²) in [6, 6.07) is 18.8. The van der Waals surface area contributed by atoms with Crippen molar-refractivity contribution in [1.82, 2.24) is 5.34 Å². The quantitative estimate of drug-likeness (QED) is 0.158. The van der Waals surface area contributed by atoms with Gasteiger partial charge in [0.15, 0.2) is 0 Å². The second-order valence-electron chi connectivity index (χ2n) is 8.15. The molecule has 0 aromatic heterocycles. The van der Waals surface area contributed by atoms with E-state index in [4.69, 9.17) is 5.73 Å². The van der Waals surface area contributed by atoms with E-state index in [1.165, 1.54) is 5.01 Å². The smallest absolute Gasteiger partial charge is 0.0675 e. The van der Waals surface area contributed by atoms with Crippen LogP contribution < -0.4 is 10.7 Å². The van der Waals surface area contributed by atoms with Gasteiger partial charge in [-0.15, -0.1) is 5.10 Å². The summed E-state index contributed by atoms with van der Waals surface area (Å²) < 4.78 is 15.5. The monoisotopic (exact) mass is 504 g/mol. The minimum Gasteiger partial charge on any atom is -0.321 e. The molecule has 192 valence electrons. The molecule has 4 nitrogen and oxygen atoms in total. The fraction of sp³-hybridized carbons (Fsp3) is 0.0606. The third-order valence-electron chi connectivity index (χ3n) is 5.37. The summed E-state index contributed by atoms with van der Waals surface area (Å²) in [5, 5.41) is 5.83. The van der Waals surface area contributed by atoms with Crippen LogP contribution in [0.5, 0.6) is 0 Å². The van der Waals surface area contributed by atoms with E-state index in [-0.39, 0.29) is 6.04 Å². The van der Waals surface area contributed by atoms with Gasteiger partial charge in [-0.3, -0.25) is 0 Å². The Morgan fingerprint density at radius 1 is 0.816 bits per heavy atom. The standard InChI is InChI=1S/C33H33FN4/c1-2-3-4-17-26-33(35)30-20-11-6-13-22-31(23-14-7-12-21-30)37(32-24-15-8-16-25-32)38(34)36-28-27-29-18-9-5-10-19-29/h2-26,28,33H,1,27,35H2/b4-3-,11-6-,12-7?,13-6?,14-7+,20-11?,21-12+,22-13-,23-14?,26-17-,30-20+,30-21?,31-22?,31-23+,36-28+. The molecule has 0 heterocycles. The lowest BCUT2D eigenvalue weighted by molar-refractivity contribution is 0.0247. The van der Waals surface area contributed by atoms with Crippen LogP contribution in [0.15, 0.2) is 175 Å². The normalized spacial score (nSPS) is 20.9. The van der Waals surface area contributed by atoms with Gasteiger partial charge < -0.3 is 5.73 Å². The van der Waals surface area contributed by atoms with Gasteiger partial charge in [0.25, 0.3) is 0 Å². The second-order valence-corrected chi connectivity index (χ2v) is 8.15. The third-order valence-corrected chi connectivity index (χ3v) is 5.37. The lowest BCUT2D eigenvalue weighted by Crippen LogP contribution is -2.32. The number of nitrogens with two attached hydrogens (primary N) is 1. The molecule has 0 saturated carbocycles. The number of hydrazine groups is 1. The zero-order valence-electron chi connectivity index (χ0n) is 21.3. The van der Waals surface area contributed by atoms with Crippen molar-refractivity contribution in [2.24, 2.45) is 10.8 Å². The number of para-hydroxylation sites is 1. The summed E-state index contributed by atoms with van der Waals surface area (Å²) in [6.45, 7) is 3.66. The van der Waals surface area contributed by atoms with Crippen molar-refractivity contribution in [3.8, 4) is 0 Å². The summed E-state index contributed by atoms with van der Waals surface area (Å²) >= 11 is 0. The zero-order valence-corrected chi connectivity index (χ0v) is 21.3. The Balaban J connectivity index is 1.83. The highest BCUT2D eigenvalue weighted by molar-refractivity contribution is 5.62. The van der Waals surface area contributed by atoms with Crippen molar-refractivity contribution in [1.29, 1.82) is 0 Å². The molecule has 0 spiro atoms. The van der Waals surface area contributed by atoms with Gasteiger partial charge in [0.2, 0.25) is 0 Å². The predicted octanol–water partition coefficient (Wildman–Crippen LogP) is 7.50. The molecule has 0 bridgehead atoms. The van der Waals surface area contributed by atoms with Gasteiger partial charge in [-0.25, -0.2) is 5.01 Å². The van der Waals surface area contributed by atoms with Gasteiger partial charge in [-0.2, -0.15) is 0 Å². The first-order chi connectivity index (χ1) is 18.7. The van der Waals surface area contributed by atoms with E-state index < -0.39 is 0 Å². The molecule has 2 aromatic carbocycles. The molecule has 1 atom stereocenters. The largest absolute Gasteiger partial charge is 0.321 e. The van der Waals surface area contributed by atoms with Crippen LogP contribution in [0.3, 0.4) is 0 Å². The predicted molar refractivity (Wildman–Crippen MR) is 160 cm³/mol. The number of hydrogen-bond acceptors (Lipinski definition) is 4. The first-order valence-corrected chi connectivity index (χ1v) is 12.4. The summed E-state index contributed by atoms with van der Waals surface area (Å²) in [5.41, 5.74) is 9.54. The Labute approximate surface area is 225 Å². The van der Waals surface area contributed by atoms with E-state index in [2.05, 4.69) is 11.7 Å². The lowest BCUT2D eigenvalue weighted by atomic mass is 10.1. The van der Waals surface area contributed by atoms with E-state index in [0.717, 1.165) is 11.1 Å². The van der Waals surface area contributed by atoms with E-state index >= 15 is 4.48 Å². The maximum atomic E-state index is 15.5. The average Bonchev–Trinajstić information content (AvgIpc) is 2.93. The molecule has 0 fully saturated rings. The van der Waals surface area contributed by atoms with E-state index in [9.17, 15) is 0 Å². The maximum Gasteiger partial charge on any atom is 0.0675 e. The Kier molecular flexibility index (Phi) is 11.8. The SMILES string of the molecule is C=C/C=C\C=C/C(N)C1=C/C=C\C=C/C(N(c2ccccc2)N(F)/N=C/Cc2ccccc2)=C\C=C\C=C\1. The highest BCUT2D eigenvalue weighted by atomic mass is 19.2. The fourth-order valence-electron chi connectivity index (χ4n) is 3.47. The number of benzene rings is 2. The number of allylic oxidation sites excluding steroid dienone is 13. The molecular formula is C33H33FN4. The Morgan fingerprint density at radius 2 is 1.50 bits per heavy atom. The first-order valence-electron chi connectivity index (χ1n) is 12.4. The van der Waals surface area contributed by atoms with E-state index in [0.29, 0.717) is 23.1 Å². The molecule has 5 heteroatoms.